The highest BCUT2D eigenvalue weighted by Gasteiger charge is 2.41. The Morgan fingerprint density at radius 1 is 0.682 bits per heavy atom. The van der Waals surface area contributed by atoms with Crippen LogP contribution in [0.15, 0.2) is 67.9 Å². The van der Waals surface area contributed by atoms with Gasteiger partial charge < -0.3 is 78.0 Å². The van der Waals surface area contributed by atoms with Crippen molar-refractivity contribution in [3.63, 3.8) is 0 Å². The van der Waals surface area contributed by atoms with Crippen molar-refractivity contribution in [3.05, 3.63) is 90.5 Å². The molecule has 0 spiro atoms. The Balaban J connectivity index is 1.16. The predicted octanol–water partition coefficient (Wildman–Crippen LogP) is -0.592. The fraction of sp³-hybridized carbons (Fsp3) is 0.586. The average molecular weight is 1180 g/mol. The first-order valence-electron chi connectivity index (χ1n) is 29.4. The third-order valence-electron chi connectivity index (χ3n) is 15.4. The number of nitrogens with two attached hydrogens (primary N) is 1. The number of nitrogens with one attached hydrogen (secondary N) is 11. The lowest BCUT2D eigenvalue weighted by Gasteiger charge is -2.31. The van der Waals surface area contributed by atoms with Crippen molar-refractivity contribution in [1.29, 1.82) is 0 Å². The number of carbonyl (C=O) groups excluding carboxylic acids is 9. The molecule has 2 fully saturated rings. The first kappa shape index (κ1) is 66.1. The van der Waals surface area contributed by atoms with Gasteiger partial charge in [-0.25, -0.2) is 19.7 Å². The summed E-state index contributed by atoms with van der Waals surface area (Å²) in [4.78, 5) is 149. The van der Waals surface area contributed by atoms with E-state index in [0.29, 0.717) is 67.8 Å². The topological polar surface area (TPSA) is 395 Å². The molecule has 464 valence electrons. The molecule has 0 bridgehead atoms. The molecule has 11 atom stereocenters. The van der Waals surface area contributed by atoms with Crippen LogP contribution in [0.2, 0.25) is 0 Å². The number of rotatable bonds is 34. The van der Waals surface area contributed by atoms with Crippen LogP contribution >= 0.6 is 0 Å². The van der Waals surface area contributed by atoms with Crippen LogP contribution in [-0.4, -0.2) is 180 Å². The van der Waals surface area contributed by atoms with Crippen LogP contribution in [0.25, 0.3) is 0 Å². The molecule has 3 aromatic heterocycles. The summed E-state index contributed by atoms with van der Waals surface area (Å²) >= 11 is 0. The zero-order chi connectivity index (χ0) is 61.4. The SMILES string of the molecule is CC[C@H](C)[C@H](NC(=O)C[C@H](O)[C@H](CC(C)C)NC(=O)[C@H](Cc1cnc[nH]1)NC(=O)[C@H](Cc1ccccc1)NC(=O)[C@@H]1CCCN1C(=O)[C@H](Cc1cnc[nH]1)NC(=O)[C@@H]1CCCN1)C(=O)N[C@@H](Cc1cnc[nH]1)C(=O)N[C@@H](CCCCN)C(=O)OC. The van der Waals surface area contributed by atoms with Crippen molar-refractivity contribution >= 4 is 53.2 Å². The maximum Gasteiger partial charge on any atom is 0.328 e. The zero-order valence-corrected chi connectivity index (χ0v) is 49.2. The van der Waals surface area contributed by atoms with E-state index in [1.54, 1.807) is 43.5 Å². The summed E-state index contributed by atoms with van der Waals surface area (Å²) in [5.41, 5.74) is 7.92. The van der Waals surface area contributed by atoms with Crippen molar-refractivity contribution in [2.45, 2.75) is 178 Å². The minimum absolute atomic E-state index is 0.00652. The first-order chi connectivity index (χ1) is 40.9. The van der Waals surface area contributed by atoms with Gasteiger partial charge in [-0.2, -0.15) is 0 Å². The van der Waals surface area contributed by atoms with Crippen molar-refractivity contribution in [3.8, 4) is 0 Å². The van der Waals surface area contributed by atoms with Crippen LogP contribution < -0.4 is 48.3 Å². The third-order valence-corrected chi connectivity index (χ3v) is 15.4. The summed E-state index contributed by atoms with van der Waals surface area (Å²) < 4.78 is 4.94. The van der Waals surface area contributed by atoms with E-state index in [1.165, 1.54) is 43.4 Å². The van der Waals surface area contributed by atoms with Crippen molar-refractivity contribution in [2.75, 3.05) is 26.7 Å². The van der Waals surface area contributed by atoms with E-state index in [2.05, 4.69) is 72.4 Å². The molecule has 2 aliphatic rings. The van der Waals surface area contributed by atoms with Crippen LogP contribution in [0.1, 0.15) is 115 Å². The number of methoxy groups -OCH3 is 1. The monoisotopic (exact) mass is 1180 g/mol. The summed E-state index contributed by atoms with van der Waals surface area (Å²) in [6.07, 6.45) is 10.8. The van der Waals surface area contributed by atoms with Crippen molar-refractivity contribution in [2.24, 2.45) is 17.6 Å². The number of imidazole rings is 3. The van der Waals surface area contributed by atoms with E-state index >= 15 is 0 Å². The maximum absolute atomic E-state index is 14.7. The molecule has 4 aromatic rings. The fourth-order valence-electron chi connectivity index (χ4n) is 10.5. The number of amides is 8. The quantitative estimate of drug-likeness (QED) is 0.0205. The van der Waals surface area contributed by atoms with Gasteiger partial charge in [0.05, 0.1) is 50.7 Å². The Labute approximate surface area is 494 Å². The molecule has 1 aromatic carbocycles. The van der Waals surface area contributed by atoms with Gasteiger partial charge in [0.15, 0.2) is 0 Å². The molecule has 27 nitrogen and oxygen atoms in total. The number of ether oxygens (including phenoxy) is 1. The van der Waals surface area contributed by atoms with E-state index in [-0.39, 0.29) is 63.3 Å². The molecule has 14 N–H and O–H groups in total. The Morgan fingerprint density at radius 3 is 1.79 bits per heavy atom. The number of esters is 1. The fourth-order valence-corrected chi connectivity index (χ4v) is 10.5. The highest BCUT2D eigenvalue weighted by atomic mass is 16.5. The Morgan fingerprint density at radius 2 is 1.25 bits per heavy atom. The lowest BCUT2D eigenvalue weighted by molar-refractivity contribution is -0.145. The lowest BCUT2D eigenvalue weighted by Crippen LogP contribution is -2.60. The second-order valence-corrected chi connectivity index (χ2v) is 22.4. The number of nitrogens with zero attached hydrogens (tertiary/aromatic N) is 4. The highest BCUT2D eigenvalue weighted by Crippen LogP contribution is 2.22. The lowest BCUT2D eigenvalue weighted by atomic mass is 9.95. The molecule has 6 rings (SSSR count). The molecular weight excluding hydrogens is 1100 g/mol. The maximum atomic E-state index is 14.7. The zero-order valence-electron chi connectivity index (χ0n) is 49.2. The van der Waals surface area contributed by atoms with Gasteiger partial charge >= 0.3 is 5.97 Å². The van der Waals surface area contributed by atoms with E-state index in [9.17, 15) is 48.3 Å². The van der Waals surface area contributed by atoms with Crippen LogP contribution in [-0.2, 0) is 73.6 Å². The summed E-state index contributed by atoms with van der Waals surface area (Å²) in [6, 6.07) is -0.669. The number of likely N-dealkylation sites (tertiary alicyclic amines) is 1. The molecule has 85 heavy (non-hydrogen) atoms. The van der Waals surface area contributed by atoms with E-state index in [4.69, 9.17) is 10.5 Å². The molecule has 2 saturated heterocycles. The first-order valence-corrected chi connectivity index (χ1v) is 29.4. The number of aliphatic hydroxyl groups is 1. The van der Waals surface area contributed by atoms with Crippen LogP contribution in [0.5, 0.6) is 0 Å². The van der Waals surface area contributed by atoms with E-state index in [1.807, 2.05) is 20.8 Å². The van der Waals surface area contributed by atoms with E-state index in [0.717, 1.165) is 6.42 Å². The molecule has 2 aliphatic heterocycles. The summed E-state index contributed by atoms with van der Waals surface area (Å²) in [5.74, 6) is -6.26. The predicted molar refractivity (Wildman–Crippen MR) is 311 cm³/mol. The van der Waals surface area contributed by atoms with Gasteiger partial charge in [0.1, 0.15) is 42.3 Å². The van der Waals surface area contributed by atoms with Crippen LogP contribution in [0.4, 0.5) is 0 Å². The Bertz CT molecular complexity index is 2760. The number of aromatic nitrogens is 6. The van der Waals surface area contributed by atoms with Gasteiger partial charge in [0.25, 0.3) is 0 Å². The summed E-state index contributed by atoms with van der Waals surface area (Å²) in [7, 11) is 1.20. The molecule has 8 amide bonds. The number of hydrogen-bond donors (Lipinski definition) is 13. The largest absolute Gasteiger partial charge is 0.467 e. The summed E-state index contributed by atoms with van der Waals surface area (Å²) in [5, 5.41) is 34.7. The molecule has 5 heterocycles. The molecule has 0 unspecified atom stereocenters. The molecule has 0 saturated carbocycles. The minimum atomic E-state index is -1.52. The standard InChI is InChI=1S/C58H86N16O11/c1-6-35(4)50(56(82)71-45(25-38-29-61-32-65-38)53(79)67-41(58(84)85-5)16-10-11-19-59)73-49(76)27-48(75)42(22-34(2)3)68-54(80)44(24-37-28-60-31-64-37)69-52(78)43(23-36-14-8-7-9-15-36)70-55(81)47-18-13-21-74(47)57(83)46(26-39-30-62-33-66-39)72-51(77)40-17-12-20-63-40/h7-9,14-15,28-35,40-48,50,63,75H,6,10-13,16-27,59H2,1-5H3,(H,60,64)(H,61,65)(H,62,66)(H,67,79)(H,68,80)(H,69,78)(H,70,81)(H,71,82)(H,72,77)(H,73,76)/t35-,40-,41-,42-,43-,44-,45-,46-,47-,48-,50-/m0/s1. The number of unbranched alkanes of at least 4 members (excludes halogenated alkanes) is 1. The van der Waals surface area contributed by atoms with E-state index < -0.39 is 120 Å². The third kappa shape index (κ3) is 20.3. The number of benzene rings is 1. The number of aromatic amines is 3. The average Bonchev–Trinajstić information content (AvgIpc) is 4.35. The van der Waals surface area contributed by atoms with Crippen molar-refractivity contribution in [1.82, 2.24) is 77.3 Å². The van der Waals surface area contributed by atoms with Crippen molar-refractivity contribution < 1.29 is 53.0 Å². The van der Waals surface area contributed by atoms with Gasteiger partial charge in [0.2, 0.25) is 47.3 Å². The molecule has 0 radical (unpaired) electrons. The molecule has 0 aliphatic carbocycles. The number of carbonyl (C=O) groups is 9. The van der Waals surface area contributed by atoms with Crippen LogP contribution in [0.3, 0.4) is 0 Å². The van der Waals surface area contributed by atoms with Gasteiger partial charge in [-0.1, -0.05) is 64.4 Å². The number of hydrogen-bond acceptors (Lipinski definition) is 16. The second kappa shape index (κ2) is 33.4. The number of H-pyrrole nitrogens is 3. The Hall–Kier alpha value is -8.04. The highest BCUT2D eigenvalue weighted by molar-refractivity contribution is 5.97. The molecule has 27 heteroatoms. The Kier molecular flexibility index (Phi) is 26.0. The van der Waals surface area contributed by atoms with Crippen LogP contribution in [0, 0.1) is 11.8 Å². The minimum Gasteiger partial charge on any atom is -0.467 e. The van der Waals surface area contributed by atoms with Gasteiger partial charge in [-0.3, -0.25) is 38.4 Å². The van der Waals surface area contributed by atoms with Gasteiger partial charge in [0, 0.05) is 67.9 Å². The van der Waals surface area contributed by atoms with Gasteiger partial charge in [-0.05, 0) is 81.9 Å². The smallest absolute Gasteiger partial charge is 0.328 e. The van der Waals surface area contributed by atoms with Gasteiger partial charge in [-0.15, -0.1) is 0 Å². The second-order valence-electron chi connectivity index (χ2n) is 22.4. The summed E-state index contributed by atoms with van der Waals surface area (Å²) in [6.45, 7) is 8.56. The number of aliphatic hydroxyl groups excluding tert-OH is 1. The molecular formula is C58H86N16O11. The normalized spacial score (nSPS) is 18.1.